The third-order valence-electron chi connectivity index (χ3n) is 2.39. The molecular weight excluding hydrogens is 282 g/mol. The number of aromatic carboxylic acids is 1. The second kappa shape index (κ2) is 4.97. The molecule has 0 bridgehead atoms. The molecule has 1 aliphatic rings. The molecule has 0 radical (unpaired) electrons. The van der Waals surface area contributed by atoms with Gasteiger partial charge in [0.25, 0.3) is 0 Å². The van der Waals surface area contributed by atoms with Crippen LogP contribution >= 0.6 is 23.1 Å². The highest BCUT2D eigenvalue weighted by molar-refractivity contribution is 7.99. The summed E-state index contributed by atoms with van der Waals surface area (Å²) in [4.78, 5) is 10.9. The number of carbonyl (C=O) groups is 1. The summed E-state index contributed by atoms with van der Waals surface area (Å²) in [6.45, 7) is 0.983. The average molecular weight is 293 g/mol. The second-order valence-corrected chi connectivity index (χ2v) is 7.54. The first kappa shape index (κ1) is 12.9. The van der Waals surface area contributed by atoms with E-state index in [1.807, 2.05) is 0 Å². The largest absolute Gasteiger partial charge is 0.477 e. The smallest absolute Gasteiger partial charge is 0.345 e. The van der Waals surface area contributed by atoms with Gasteiger partial charge in [0, 0.05) is 30.0 Å². The summed E-state index contributed by atoms with van der Waals surface area (Å²) in [5, 5.41) is 10.2. The molecule has 2 heterocycles. The molecule has 0 amide bonds. The van der Waals surface area contributed by atoms with Gasteiger partial charge in [0.2, 0.25) is 10.0 Å². The number of hydrogen-bond donors (Lipinski definition) is 1. The molecule has 17 heavy (non-hydrogen) atoms. The number of rotatable bonds is 3. The lowest BCUT2D eigenvalue weighted by Crippen LogP contribution is -2.37. The number of carboxylic acids is 1. The number of sulfonamides is 1. The number of nitrogens with zero attached hydrogens (tertiary/aromatic N) is 1. The Morgan fingerprint density at radius 1 is 1.35 bits per heavy atom. The van der Waals surface area contributed by atoms with Gasteiger partial charge < -0.3 is 5.11 Å². The van der Waals surface area contributed by atoms with Crippen molar-refractivity contribution >= 4 is 39.1 Å². The minimum Gasteiger partial charge on any atom is -0.477 e. The Balaban J connectivity index is 2.27. The van der Waals surface area contributed by atoms with Crippen LogP contribution in [-0.4, -0.2) is 48.4 Å². The van der Waals surface area contributed by atoms with Crippen LogP contribution in [0.15, 0.2) is 16.3 Å². The lowest BCUT2D eigenvalue weighted by atomic mass is 10.5. The molecule has 1 N–H and O–H groups in total. The van der Waals surface area contributed by atoms with Crippen molar-refractivity contribution in [2.45, 2.75) is 4.90 Å². The Morgan fingerprint density at radius 2 is 2.00 bits per heavy atom. The summed E-state index contributed by atoms with van der Waals surface area (Å²) in [6.07, 6.45) is 0. The fourth-order valence-corrected chi connectivity index (χ4v) is 5.18. The molecule has 1 aromatic rings. The van der Waals surface area contributed by atoms with Gasteiger partial charge in [-0.2, -0.15) is 16.1 Å². The first-order valence-corrected chi connectivity index (χ1v) is 8.39. The summed E-state index contributed by atoms with van der Waals surface area (Å²) in [5.41, 5.74) is 0. The van der Waals surface area contributed by atoms with Gasteiger partial charge in [0.1, 0.15) is 4.88 Å². The van der Waals surface area contributed by atoms with E-state index in [1.54, 1.807) is 11.8 Å². The normalized spacial score (nSPS) is 18.1. The Hall–Kier alpha value is -0.570. The van der Waals surface area contributed by atoms with Crippen molar-refractivity contribution in [1.29, 1.82) is 0 Å². The maximum absolute atomic E-state index is 12.2. The van der Waals surface area contributed by atoms with E-state index in [0.717, 1.165) is 22.8 Å². The minimum absolute atomic E-state index is 0.0509. The molecule has 0 aliphatic carbocycles. The van der Waals surface area contributed by atoms with E-state index in [2.05, 4.69) is 0 Å². The van der Waals surface area contributed by atoms with Gasteiger partial charge in [0.15, 0.2) is 0 Å². The highest BCUT2D eigenvalue weighted by Gasteiger charge is 2.27. The quantitative estimate of drug-likeness (QED) is 0.906. The van der Waals surface area contributed by atoms with Gasteiger partial charge in [0.05, 0.1) is 4.90 Å². The van der Waals surface area contributed by atoms with Crippen molar-refractivity contribution in [3.8, 4) is 0 Å². The van der Waals surface area contributed by atoms with Crippen LogP contribution in [0.4, 0.5) is 0 Å². The van der Waals surface area contributed by atoms with Crippen molar-refractivity contribution in [3.05, 3.63) is 16.3 Å². The summed E-state index contributed by atoms with van der Waals surface area (Å²) < 4.78 is 25.7. The van der Waals surface area contributed by atoms with E-state index in [0.29, 0.717) is 13.1 Å². The van der Waals surface area contributed by atoms with Crippen LogP contribution in [0.5, 0.6) is 0 Å². The third-order valence-corrected chi connectivity index (χ3v) is 6.28. The summed E-state index contributed by atoms with van der Waals surface area (Å²) >= 11 is 2.66. The van der Waals surface area contributed by atoms with Crippen molar-refractivity contribution < 1.29 is 18.3 Å². The summed E-state index contributed by atoms with van der Waals surface area (Å²) in [7, 11) is -3.51. The van der Waals surface area contributed by atoms with Crippen LogP contribution in [0.3, 0.4) is 0 Å². The van der Waals surface area contributed by atoms with E-state index in [-0.39, 0.29) is 9.77 Å². The number of thioether (sulfide) groups is 1. The molecule has 1 aromatic heterocycles. The number of hydrogen-bond acceptors (Lipinski definition) is 5. The van der Waals surface area contributed by atoms with Crippen molar-refractivity contribution in [3.63, 3.8) is 0 Å². The first-order valence-electron chi connectivity index (χ1n) is 4.91. The Bertz CT molecular complexity index is 516. The summed E-state index contributed by atoms with van der Waals surface area (Å²) in [6, 6.07) is 1.23. The molecule has 0 spiro atoms. The third kappa shape index (κ3) is 2.65. The highest BCUT2D eigenvalue weighted by atomic mass is 32.2. The topological polar surface area (TPSA) is 74.7 Å². The zero-order valence-corrected chi connectivity index (χ0v) is 11.3. The van der Waals surface area contributed by atoms with Crippen LogP contribution < -0.4 is 0 Å². The first-order chi connectivity index (χ1) is 8.01. The predicted molar refractivity (Wildman–Crippen MR) is 67.4 cm³/mol. The standard InChI is InChI=1S/C9H11NO4S3/c11-9(12)8-5-7(6-16-8)17(13,14)10-1-3-15-4-2-10/h5-6H,1-4H2,(H,11,12). The molecule has 94 valence electrons. The number of carboxylic acid groups (broad SMARTS) is 1. The van der Waals surface area contributed by atoms with Crippen LogP contribution in [0, 0.1) is 0 Å². The molecule has 8 heteroatoms. The lowest BCUT2D eigenvalue weighted by Gasteiger charge is -2.24. The SMILES string of the molecule is O=C(O)c1cc(S(=O)(=O)N2CCSCC2)cs1. The fourth-order valence-electron chi connectivity index (χ4n) is 1.50. The van der Waals surface area contributed by atoms with Crippen molar-refractivity contribution in [1.82, 2.24) is 4.31 Å². The van der Waals surface area contributed by atoms with E-state index < -0.39 is 16.0 Å². The average Bonchev–Trinajstić information content (AvgIpc) is 2.80. The molecule has 2 rings (SSSR count). The maximum Gasteiger partial charge on any atom is 0.345 e. The molecule has 1 saturated heterocycles. The van der Waals surface area contributed by atoms with E-state index in [4.69, 9.17) is 5.11 Å². The minimum atomic E-state index is -3.51. The van der Waals surface area contributed by atoms with Crippen molar-refractivity contribution in [2.75, 3.05) is 24.6 Å². The molecule has 0 aromatic carbocycles. The fraction of sp³-hybridized carbons (Fsp3) is 0.444. The Morgan fingerprint density at radius 3 is 2.53 bits per heavy atom. The van der Waals surface area contributed by atoms with E-state index in [1.165, 1.54) is 15.8 Å². The van der Waals surface area contributed by atoms with Crippen LogP contribution in [0.25, 0.3) is 0 Å². The second-order valence-electron chi connectivity index (χ2n) is 3.47. The van der Waals surface area contributed by atoms with Gasteiger partial charge >= 0.3 is 5.97 Å². The monoisotopic (exact) mass is 293 g/mol. The Kier molecular flexibility index (Phi) is 3.76. The molecule has 1 aliphatic heterocycles. The Labute approximate surface area is 107 Å². The molecule has 1 fully saturated rings. The van der Waals surface area contributed by atoms with Crippen LogP contribution in [0.2, 0.25) is 0 Å². The molecule has 0 atom stereocenters. The maximum atomic E-state index is 12.2. The van der Waals surface area contributed by atoms with Gasteiger partial charge in [-0.15, -0.1) is 11.3 Å². The predicted octanol–water partition coefficient (Wildman–Crippen LogP) is 1.18. The summed E-state index contributed by atoms with van der Waals surface area (Å²) in [5.74, 6) is 0.482. The van der Waals surface area contributed by atoms with E-state index in [9.17, 15) is 13.2 Å². The van der Waals surface area contributed by atoms with Gasteiger partial charge in [-0.25, -0.2) is 13.2 Å². The van der Waals surface area contributed by atoms with Crippen LogP contribution in [-0.2, 0) is 10.0 Å². The molecule has 0 unspecified atom stereocenters. The van der Waals surface area contributed by atoms with E-state index >= 15 is 0 Å². The lowest BCUT2D eigenvalue weighted by molar-refractivity contribution is 0.0702. The zero-order chi connectivity index (χ0) is 12.5. The molecule has 0 saturated carbocycles. The molecular formula is C9H11NO4S3. The van der Waals surface area contributed by atoms with Gasteiger partial charge in [-0.05, 0) is 6.07 Å². The highest BCUT2D eigenvalue weighted by Crippen LogP contribution is 2.24. The zero-order valence-electron chi connectivity index (χ0n) is 8.83. The van der Waals surface area contributed by atoms with Gasteiger partial charge in [-0.1, -0.05) is 0 Å². The molecule has 5 nitrogen and oxygen atoms in total. The van der Waals surface area contributed by atoms with Crippen LogP contribution in [0.1, 0.15) is 9.67 Å². The number of thiophene rings is 1. The van der Waals surface area contributed by atoms with Gasteiger partial charge in [-0.3, -0.25) is 0 Å². The van der Waals surface area contributed by atoms with Crippen molar-refractivity contribution in [2.24, 2.45) is 0 Å².